The lowest BCUT2D eigenvalue weighted by Crippen LogP contribution is -2.39. The third-order valence-corrected chi connectivity index (χ3v) is 4.18. The Hall–Kier alpha value is -1.06. The maximum atomic E-state index is 10.9. The van der Waals surface area contributed by atoms with E-state index in [-0.39, 0.29) is 5.92 Å². The molecular formula is C16H25NO2. The van der Waals surface area contributed by atoms with E-state index in [1.54, 1.807) is 7.11 Å². The quantitative estimate of drug-likeness (QED) is 0.886. The number of rotatable bonds is 5. The topological polar surface area (TPSA) is 32.7 Å². The smallest absolute Gasteiger partial charge is 0.118 e. The van der Waals surface area contributed by atoms with E-state index < -0.39 is 5.60 Å². The molecule has 1 aliphatic carbocycles. The molecule has 1 aliphatic rings. The van der Waals surface area contributed by atoms with Crippen molar-refractivity contribution in [1.29, 1.82) is 0 Å². The van der Waals surface area contributed by atoms with E-state index in [4.69, 9.17) is 4.74 Å². The monoisotopic (exact) mass is 263 g/mol. The number of hydrogen-bond acceptors (Lipinski definition) is 3. The van der Waals surface area contributed by atoms with Crippen molar-refractivity contribution in [2.75, 3.05) is 27.7 Å². The second kappa shape index (κ2) is 5.93. The molecule has 0 aliphatic heterocycles. The van der Waals surface area contributed by atoms with Gasteiger partial charge in [-0.25, -0.2) is 0 Å². The molecule has 1 atom stereocenters. The van der Waals surface area contributed by atoms with Crippen molar-refractivity contribution >= 4 is 0 Å². The Morgan fingerprint density at radius 3 is 2.26 bits per heavy atom. The SMILES string of the molecule is COc1ccc([C@H](CN(C)C)C2(O)CCCC2)cc1. The van der Waals surface area contributed by atoms with Crippen molar-refractivity contribution in [1.82, 2.24) is 4.90 Å². The van der Waals surface area contributed by atoms with E-state index in [9.17, 15) is 5.11 Å². The fourth-order valence-corrected chi connectivity index (χ4v) is 3.12. The lowest BCUT2D eigenvalue weighted by molar-refractivity contribution is 0.0106. The van der Waals surface area contributed by atoms with Gasteiger partial charge < -0.3 is 14.7 Å². The fourth-order valence-electron chi connectivity index (χ4n) is 3.12. The van der Waals surface area contributed by atoms with Gasteiger partial charge in [0.1, 0.15) is 5.75 Å². The third kappa shape index (κ3) is 3.28. The molecular weight excluding hydrogens is 238 g/mol. The highest BCUT2D eigenvalue weighted by molar-refractivity contribution is 5.31. The van der Waals surface area contributed by atoms with Gasteiger partial charge in [-0.15, -0.1) is 0 Å². The van der Waals surface area contributed by atoms with Gasteiger partial charge in [-0.2, -0.15) is 0 Å². The maximum absolute atomic E-state index is 10.9. The van der Waals surface area contributed by atoms with Crippen molar-refractivity contribution in [3.8, 4) is 5.75 Å². The number of likely N-dealkylation sites (N-methyl/N-ethyl adjacent to an activating group) is 1. The summed E-state index contributed by atoms with van der Waals surface area (Å²) >= 11 is 0. The van der Waals surface area contributed by atoms with Crippen molar-refractivity contribution in [2.45, 2.75) is 37.2 Å². The normalized spacial score (nSPS) is 19.6. The van der Waals surface area contributed by atoms with E-state index in [1.807, 2.05) is 12.1 Å². The Morgan fingerprint density at radius 1 is 1.21 bits per heavy atom. The minimum absolute atomic E-state index is 0.177. The molecule has 106 valence electrons. The van der Waals surface area contributed by atoms with Crippen LogP contribution in [0.1, 0.15) is 37.2 Å². The summed E-state index contributed by atoms with van der Waals surface area (Å²) in [5.74, 6) is 1.04. The van der Waals surface area contributed by atoms with Crippen molar-refractivity contribution in [3.63, 3.8) is 0 Å². The summed E-state index contributed by atoms with van der Waals surface area (Å²) in [5.41, 5.74) is 0.665. The van der Waals surface area contributed by atoms with Crippen LogP contribution in [0.15, 0.2) is 24.3 Å². The molecule has 1 N–H and O–H groups in total. The highest BCUT2D eigenvalue weighted by Gasteiger charge is 2.40. The van der Waals surface area contributed by atoms with Gasteiger partial charge in [0, 0.05) is 12.5 Å². The lowest BCUT2D eigenvalue weighted by Gasteiger charge is -2.35. The maximum Gasteiger partial charge on any atom is 0.118 e. The standard InChI is InChI=1S/C16H25NO2/c1-17(2)12-15(16(18)10-4-5-11-16)13-6-8-14(19-3)9-7-13/h6-9,15,18H,4-5,10-12H2,1-3H3/t15-/m0/s1. The lowest BCUT2D eigenvalue weighted by atomic mass is 9.80. The molecule has 0 saturated heterocycles. The molecule has 3 nitrogen and oxygen atoms in total. The first-order valence-corrected chi connectivity index (χ1v) is 7.06. The van der Waals surface area contributed by atoms with Crippen LogP contribution in [-0.4, -0.2) is 43.4 Å². The zero-order valence-corrected chi connectivity index (χ0v) is 12.2. The Morgan fingerprint density at radius 2 is 1.79 bits per heavy atom. The second-order valence-electron chi connectivity index (χ2n) is 5.90. The van der Waals surface area contributed by atoms with Crippen LogP contribution in [0.2, 0.25) is 0 Å². The first-order chi connectivity index (χ1) is 9.05. The van der Waals surface area contributed by atoms with Gasteiger partial charge >= 0.3 is 0 Å². The van der Waals surface area contributed by atoms with Gasteiger partial charge in [0.2, 0.25) is 0 Å². The average Bonchev–Trinajstić information content (AvgIpc) is 2.84. The summed E-state index contributed by atoms with van der Waals surface area (Å²) in [6.45, 7) is 0.878. The fraction of sp³-hybridized carbons (Fsp3) is 0.625. The van der Waals surface area contributed by atoms with Crippen LogP contribution in [0.4, 0.5) is 0 Å². The first kappa shape index (κ1) is 14.4. The Bertz CT molecular complexity index is 394. The van der Waals surface area contributed by atoms with Crippen LogP contribution in [-0.2, 0) is 0 Å². The predicted octanol–water partition coefficient (Wildman–Crippen LogP) is 2.65. The number of nitrogens with zero attached hydrogens (tertiary/aromatic N) is 1. The predicted molar refractivity (Wildman–Crippen MR) is 77.7 cm³/mol. The van der Waals surface area contributed by atoms with Crippen molar-refractivity contribution < 1.29 is 9.84 Å². The number of ether oxygens (including phenoxy) is 1. The van der Waals surface area contributed by atoms with Gasteiger partial charge in [-0.3, -0.25) is 0 Å². The minimum Gasteiger partial charge on any atom is -0.497 e. The van der Waals surface area contributed by atoms with Gasteiger partial charge in [-0.05, 0) is 44.6 Å². The van der Waals surface area contributed by atoms with Crippen LogP contribution < -0.4 is 4.74 Å². The second-order valence-corrected chi connectivity index (χ2v) is 5.90. The molecule has 0 amide bonds. The van der Waals surface area contributed by atoms with Gasteiger partial charge in [-0.1, -0.05) is 25.0 Å². The van der Waals surface area contributed by atoms with Gasteiger partial charge in [0.05, 0.1) is 12.7 Å². The molecule has 0 bridgehead atoms. The molecule has 0 spiro atoms. The number of aliphatic hydroxyl groups is 1. The molecule has 1 fully saturated rings. The molecule has 1 aromatic rings. The Labute approximate surface area is 116 Å². The molecule has 1 aromatic carbocycles. The van der Waals surface area contributed by atoms with E-state index in [2.05, 4.69) is 31.1 Å². The molecule has 2 rings (SSSR count). The summed E-state index contributed by atoms with van der Waals surface area (Å²) in [4.78, 5) is 2.16. The molecule has 1 saturated carbocycles. The van der Waals surface area contributed by atoms with Crippen molar-refractivity contribution in [3.05, 3.63) is 29.8 Å². The van der Waals surface area contributed by atoms with E-state index in [1.165, 1.54) is 5.56 Å². The zero-order valence-electron chi connectivity index (χ0n) is 12.2. The molecule has 0 aromatic heterocycles. The number of benzene rings is 1. The summed E-state index contributed by atoms with van der Waals surface area (Å²) < 4.78 is 5.21. The van der Waals surface area contributed by atoms with Crippen LogP contribution in [0.5, 0.6) is 5.75 Å². The van der Waals surface area contributed by atoms with Crippen molar-refractivity contribution in [2.24, 2.45) is 0 Å². The zero-order chi connectivity index (χ0) is 13.9. The van der Waals surface area contributed by atoms with E-state index in [0.29, 0.717) is 0 Å². The van der Waals surface area contributed by atoms with Crippen LogP contribution in [0.25, 0.3) is 0 Å². The molecule has 3 heteroatoms. The highest BCUT2D eigenvalue weighted by atomic mass is 16.5. The summed E-state index contributed by atoms with van der Waals surface area (Å²) in [6, 6.07) is 8.14. The average molecular weight is 263 g/mol. The third-order valence-electron chi connectivity index (χ3n) is 4.18. The van der Waals surface area contributed by atoms with E-state index in [0.717, 1.165) is 38.0 Å². The molecule has 0 heterocycles. The van der Waals surface area contributed by atoms with Crippen LogP contribution in [0.3, 0.4) is 0 Å². The Balaban J connectivity index is 2.25. The summed E-state index contributed by atoms with van der Waals surface area (Å²) in [6.07, 6.45) is 4.10. The van der Waals surface area contributed by atoms with E-state index >= 15 is 0 Å². The van der Waals surface area contributed by atoms with Crippen LogP contribution >= 0.6 is 0 Å². The molecule has 19 heavy (non-hydrogen) atoms. The summed E-state index contributed by atoms with van der Waals surface area (Å²) in [5, 5.41) is 10.9. The Kier molecular flexibility index (Phi) is 4.48. The number of hydrogen-bond donors (Lipinski definition) is 1. The van der Waals surface area contributed by atoms with Crippen LogP contribution in [0, 0.1) is 0 Å². The molecule has 0 radical (unpaired) electrons. The highest BCUT2D eigenvalue weighted by Crippen LogP contribution is 2.41. The molecule has 0 unspecified atom stereocenters. The minimum atomic E-state index is -0.543. The summed E-state index contributed by atoms with van der Waals surface area (Å²) in [7, 11) is 5.81. The first-order valence-electron chi connectivity index (χ1n) is 7.06. The van der Waals surface area contributed by atoms with Gasteiger partial charge in [0.25, 0.3) is 0 Å². The number of methoxy groups -OCH3 is 1. The largest absolute Gasteiger partial charge is 0.497 e. The van der Waals surface area contributed by atoms with Gasteiger partial charge in [0.15, 0.2) is 0 Å².